The molecule has 1 unspecified atom stereocenters. The largest absolute Gasteiger partial charge is 0.377 e. The van der Waals surface area contributed by atoms with Crippen LogP contribution in [0.25, 0.3) is 0 Å². The minimum Gasteiger partial charge on any atom is -0.377 e. The lowest BCUT2D eigenvalue weighted by Crippen LogP contribution is -2.05. The fraction of sp³-hybridized carbons (Fsp3) is 0.250. The Kier molecular flexibility index (Phi) is 3.57. The second-order valence-electron chi connectivity index (χ2n) is 4.03. The summed E-state index contributed by atoms with van der Waals surface area (Å²) in [5.74, 6) is 0. The maximum absolute atomic E-state index is 10.9. The van der Waals surface area contributed by atoms with Crippen molar-refractivity contribution in [1.82, 2.24) is 4.98 Å². The van der Waals surface area contributed by atoms with Crippen molar-refractivity contribution in [3.8, 4) is 0 Å². The Balaban J connectivity index is 2.20. The maximum Gasteiger partial charge on any atom is 0.274 e. The van der Waals surface area contributed by atoms with Gasteiger partial charge in [0.2, 0.25) is 0 Å². The minimum absolute atomic E-state index is 0.0832. The van der Waals surface area contributed by atoms with Crippen LogP contribution in [-0.2, 0) is 0 Å². The average molecular weight is 263 g/mol. The molecular weight excluding hydrogens is 250 g/mol. The Morgan fingerprint density at radius 2 is 2.28 bits per heavy atom. The molecule has 0 saturated heterocycles. The number of anilines is 1. The molecule has 0 bridgehead atoms. The number of nitrogens with one attached hydrogen (secondary N) is 1. The minimum atomic E-state index is -0.363. The lowest BCUT2D eigenvalue weighted by molar-refractivity contribution is -0.385. The monoisotopic (exact) mass is 263 g/mol. The van der Waals surface area contributed by atoms with Crippen molar-refractivity contribution in [3.05, 3.63) is 50.5 Å². The van der Waals surface area contributed by atoms with Gasteiger partial charge in [0.15, 0.2) is 0 Å². The van der Waals surface area contributed by atoms with Crippen molar-refractivity contribution in [2.45, 2.75) is 19.9 Å². The molecule has 94 valence electrons. The van der Waals surface area contributed by atoms with E-state index in [1.807, 2.05) is 13.0 Å². The van der Waals surface area contributed by atoms with Gasteiger partial charge in [0.25, 0.3) is 5.69 Å². The van der Waals surface area contributed by atoms with Gasteiger partial charge in [-0.15, -0.1) is 11.3 Å². The fourth-order valence-corrected chi connectivity index (χ4v) is 2.28. The smallest absolute Gasteiger partial charge is 0.274 e. The standard InChI is InChI=1S/C12H13N3O2S/c1-8-3-4-10(5-11(8)15(16)17)14-9(2)12-6-13-7-18-12/h3-7,9,14H,1-2H3. The van der Waals surface area contributed by atoms with Crippen molar-refractivity contribution < 1.29 is 4.92 Å². The molecule has 0 aliphatic carbocycles. The summed E-state index contributed by atoms with van der Waals surface area (Å²) in [6.45, 7) is 3.73. The average Bonchev–Trinajstić information content (AvgIpc) is 2.85. The van der Waals surface area contributed by atoms with Crippen LogP contribution in [0.3, 0.4) is 0 Å². The summed E-state index contributed by atoms with van der Waals surface area (Å²) in [5.41, 5.74) is 3.31. The molecule has 6 heteroatoms. The van der Waals surface area contributed by atoms with Gasteiger partial charge >= 0.3 is 0 Å². The van der Waals surface area contributed by atoms with E-state index >= 15 is 0 Å². The Hall–Kier alpha value is -1.95. The third-order valence-corrected chi connectivity index (χ3v) is 3.63. The van der Waals surface area contributed by atoms with Crippen molar-refractivity contribution in [2.75, 3.05) is 5.32 Å². The first-order valence-electron chi connectivity index (χ1n) is 5.48. The van der Waals surface area contributed by atoms with Crippen LogP contribution in [0.1, 0.15) is 23.4 Å². The number of aromatic nitrogens is 1. The highest BCUT2D eigenvalue weighted by Gasteiger charge is 2.13. The number of thiazole rings is 1. The third kappa shape index (κ3) is 2.65. The van der Waals surface area contributed by atoms with Gasteiger partial charge in [0.1, 0.15) is 0 Å². The number of hydrogen-bond acceptors (Lipinski definition) is 5. The number of benzene rings is 1. The molecule has 1 heterocycles. The van der Waals surface area contributed by atoms with E-state index in [0.29, 0.717) is 5.56 Å². The molecule has 0 radical (unpaired) electrons. The van der Waals surface area contributed by atoms with Crippen molar-refractivity contribution in [3.63, 3.8) is 0 Å². The van der Waals surface area contributed by atoms with E-state index < -0.39 is 0 Å². The van der Waals surface area contributed by atoms with E-state index in [4.69, 9.17) is 0 Å². The van der Waals surface area contributed by atoms with Crippen LogP contribution in [0, 0.1) is 17.0 Å². The van der Waals surface area contributed by atoms with E-state index in [1.54, 1.807) is 42.1 Å². The number of nitrogens with zero attached hydrogens (tertiary/aromatic N) is 2. The molecule has 18 heavy (non-hydrogen) atoms. The van der Waals surface area contributed by atoms with Gasteiger partial charge in [-0.1, -0.05) is 6.07 Å². The van der Waals surface area contributed by atoms with Crippen molar-refractivity contribution in [1.29, 1.82) is 0 Å². The highest BCUT2D eigenvalue weighted by atomic mass is 32.1. The molecule has 5 nitrogen and oxygen atoms in total. The van der Waals surface area contributed by atoms with Crippen LogP contribution in [0.2, 0.25) is 0 Å². The van der Waals surface area contributed by atoms with Gasteiger partial charge in [-0.3, -0.25) is 15.1 Å². The SMILES string of the molecule is Cc1ccc(NC(C)c2cncs2)cc1[N+](=O)[O-]. The molecule has 0 spiro atoms. The van der Waals surface area contributed by atoms with Crippen LogP contribution in [0.15, 0.2) is 29.9 Å². The van der Waals surface area contributed by atoms with Crippen LogP contribution in [0.5, 0.6) is 0 Å². The summed E-state index contributed by atoms with van der Waals surface area (Å²) in [5, 5.41) is 14.1. The highest BCUT2D eigenvalue weighted by Crippen LogP contribution is 2.26. The molecule has 2 aromatic rings. The van der Waals surface area contributed by atoms with E-state index in [9.17, 15) is 10.1 Å². The Morgan fingerprint density at radius 3 is 2.89 bits per heavy atom. The molecule has 1 atom stereocenters. The molecule has 1 N–H and O–H groups in total. The third-order valence-electron chi connectivity index (χ3n) is 2.67. The molecule has 1 aromatic heterocycles. The summed E-state index contributed by atoms with van der Waals surface area (Å²) >= 11 is 1.56. The number of rotatable bonds is 4. The molecule has 0 aliphatic heterocycles. The lowest BCUT2D eigenvalue weighted by Gasteiger charge is -2.13. The van der Waals surface area contributed by atoms with Crippen molar-refractivity contribution in [2.24, 2.45) is 0 Å². The van der Waals surface area contributed by atoms with Gasteiger partial charge in [0, 0.05) is 28.4 Å². The van der Waals surface area contributed by atoms with E-state index in [-0.39, 0.29) is 16.7 Å². The summed E-state index contributed by atoms with van der Waals surface area (Å²) in [4.78, 5) is 15.6. The zero-order chi connectivity index (χ0) is 13.1. The summed E-state index contributed by atoms with van der Waals surface area (Å²) in [7, 11) is 0. The molecule has 2 rings (SSSR count). The first-order chi connectivity index (χ1) is 8.58. The highest BCUT2D eigenvalue weighted by molar-refractivity contribution is 7.09. The predicted molar refractivity (Wildman–Crippen MR) is 72.0 cm³/mol. The second-order valence-corrected chi connectivity index (χ2v) is 4.95. The van der Waals surface area contributed by atoms with Crippen LogP contribution in [-0.4, -0.2) is 9.91 Å². The molecule has 0 fully saturated rings. The Labute approximate surface area is 109 Å². The van der Waals surface area contributed by atoms with E-state index in [2.05, 4.69) is 10.3 Å². The first kappa shape index (κ1) is 12.5. The van der Waals surface area contributed by atoms with Crippen LogP contribution >= 0.6 is 11.3 Å². The predicted octanol–water partition coefficient (Wildman–Crippen LogP) is 3.53. The van der Waals surface area contributed by atoms with Gasteiger partial charge in [-0.25, -0.2) is 0 Å². The lowest BCUT2D eigenvalue weighted by atomic mass is 10.1. The van der Waals surface area contributed by atoms with Crippen molar-refractivity contribution >= 4 is 22.7 Å². The number of hydrogen-bond donors (Lipinski definition) is 1. The van der Waals surface area contributed by atoms with Gasteiger partial charge in [-0.2, -0.15) is 0 Å². The fourth-order valence-electron chi connectivity index (χ4n) is 1.66. The normalized spacial score (nSPS) is 12.1. The quantitative estimate of drug-likeness (QED) is 0.676. The van der Waals surface area contributed by atoms with E-state index in [1.165, 1.54) is 0 Å². The first-order valence-corrected chi connectivity index (χ1v) is 6.36. The summed E-state index contributed by atoms with van der Waals surface area (Å²) < 4.78 is 0. The zero-order valence-corrected chi connectivity index (χ0v) is 10.9. The van der Waals surface area contributed by atoms with Crippen LogP contribution < -0.4 is 5.32 Å². The zero-order valence-electron chi connectivity index (χ0n) is 10.1. The van der Waals surface area contributed by atoms with Crippen LogP contribution in [0.4, 0.5) is 11.4 Å². The Bertz CT molecular complexity index is 554. The Morgan fingerprint density at radius 1 is 1.50 bits per heavy atom. The molecule has 0 saturated carbocycles. The molecule has 1 aromatic carbocycles. The topological polar surface area (TPSA) is 68.1 Å². The number of aryl methyl sites for hydroxylation is 1. The summed E-state index contributed by atoms with van der Waals surface area (Å²) in [6, 6.07) is 5.24. The molecular formula is C12H13N3O2S. The number of nitro benzene ring substituents is 1. The van der Waals surface area contributed by atoms with Gasteiger partial charge in [0.05, 0.1) is 16.5 Å². The van der Waals surface area contributed by atoms with E-state index in [0.717, 1.165) is 10.6 Å². The van der Waals surface area contributed by atoms with Gasteiger partial charge in [-0.05, 0) is 19.9 Å². The van der Waals surface area contributed by atoms with Gasteiger partial charge < -0.3 is 5.32 Å². The maximum atomic E-state index is 10.9. The molecule has 0 aliphatic rings. The molecule has 0 amide bonds. The number of nitro groups is 1. The summed E-state index contributed by atoms with van der Waals surface area (Å²) in [6.07, 6.45) is 1.80. The second kappa shape index (κ2) is 5.14.